The van der Waals surface area contributed by atoms with Crippen molar-refractivity contribution in [2.75, 3.05) is 16.4 Å². The van der Waals surface area contributed by atoms with Crippen molar-refractivity contribution in [2.45, 2.75) is 20.3 Å². The van der Waals surface area contributed by atoms with Crippen LogP contribution in [0.3, 0.4) is 0 Å². The van der Waals surface area contributed by atoms with Gasteiger partial charge in [0, 0.05) is 19.0 Å². The second-order valence-electron chi connectivity index (χ2n) is 5.34. The molecule has 0 aliphatic heterocycles. The van der Waals surface area contributed by atoms with Gasteiger partial charge in [0.2, 0.25) is 11.8 Å². The van der Waals surface area contributed by atoms with E-state index in [0.29, 0.717) is 34.9 Å². The molecule has 0 bridgehead atoms. The van der Waals surface area contributed by atoms with Crippen molar-refractivity contribution in [1.82, 2.24) is 0 Å². The lowest BCUT2D eigenvalue weighted by Gasteiger charge is -2.09. The number of nitrogens with zero attached hydrogens (tertiary/aromatic N) is 2. The number of anilines is 3. The van der Waals surface area contributed by atoms with Crippen LogP contribution in [-0.4, -0.2) is 11.8 Å². The van der Waals surface area contributed by atoms with Crippen LogP contribution in [0.15, 0.2) is 40.6 Å². The van der Waals surface area contributed by atoms with E-state index in [1.165, 1.54) is 19.1 Å². The number of hydrogen-bond donors (Lipinski definition) is 3. The van der Waals surface area contributed by atoms with E-state index in [0.717, 1.165) is 0 Å². The molecular weight excluding hydrogens is 377 g/mol. The largest absolute Gasteiger partial charge is 0.399 e. The minimum Gasteiger partial charge on any atom is -0.399 e. The number of halogens is 2. The van der Waals surface area contributed by atoms with Crippen LogP contribution in [0.25, 0.3) is 0 Å². The van der Waals surface area contributed by atoms with E-state index in [1.54, 1.807) is 25.1 Å². The van der Waals surface area contributed by atoms with Crippen molar-refractivity contribution in [2.24, 2.45) is 10.2 Å². The van der Waals surface area contributed by atoms with Gasteiger partial charge in [-0.05, 0) is 30.3 Å². The van der Waals surface area contributed by atoms with Gasteiger partial charge in [0.25, 0.3) is 0 Å². The molecule has 0 saturated carbocycles. The molecule has 2 aromatic carbocycles. The summed E-state index contributed by atoms with van der Waals surface area (Å²) < 4.78 is 0. The molecule has 0 unspecified atom stereocenters. The van der Waals surface area contributed by atoms with Gasteiger partial charge < -0.3 is 16.4 Å². The van der Waals surface area contributed by atoms with Crippen molar-refractivity contribution < 1.29 is 9.59 Å². The molecule has 136 valence electrons. The third-order valence-corrected chi connectivity index (χ3v) is 3.81. The fraction of sp³-hybridized carbons (Fsp3) is 0.176. The fourth-order valence-electron chi connectivity index (χ4n) is 2.00. The van der Waals surface area contributed by atoms with Gasteiger partial charge in [-0.3, -0.25) is 9.59 Å². The van der Waals surface area contributed by atoms with Crippen molar-refractivity contribution in [3.63, 3.8) is 0 Å². The molecule has 4 N–H and O–H groups in total. The van der Waals surface area contributed by atoms with Crippen LogP contribution in [0.5, 0.6) is 0 Å². The summed E-state index contributed by atoms with van der Waals surface area (Å²) in [7, 11) is 0. The molecule has 0 radical (unpaired) electrons. The molecule has 0 atom stereocenters. The predicted molar refractivity (Wildman–Crippen MR) is 105 cm³/mol. The fourth-order valence-corrected chi connectivity index (χ4v) is 2.57. The Bertz CT molecular complexity index is 860. The average Bonchev–Trinajstić information content (AvgIpc) is 2.57. The first kappa shape index (κ1) is 19.7. The first-order valence-electron chi connectivity index (χ1n) is 7.68. The lowest BCUT2D eigenvalue weighted by molar-refractivity contribution is -0.116. The lowest BCUT2D eigenvalue weighted by Crippen LogP contribution is -2.09. The van der Waals surface area contributed by atoms with Crippen LogP contribution in [0.4, 0.5) is 28.4 Å². The van der Waals surface area contributed by atoms with Crippen LogP contribution < -0.4 is 16.4 Å². The molecule has 9 heteroatoms. The average molecular weight is 394 g/mol. The Morgan fingerprint density at radius 3 is 2.31 bits per heavy atom. The number of nitrogens with one attached hydrogen (secondary N) is 2. The van der Waals surface area contributed by atoms with Crippen molar-refractivity contribution in [3.05, 3.63) is 40.4 Å². The Morgan fingerprint density at radius 2 is 1.73 bits per heavy atom. The summed E-state index contributed by atoms with van der Waals surface area (Å²) in [5.74, 6) is -0.459. The van der Waals surface area contributed by atoms with Crippen LogP contribution >= 0.6 is 23.2 Å². The second kappa shape index (κ2) is 8.64. The molecular formula is C17H17Cl2N5O2. The number of azo groups is 1. The summed E-state index contributed by atoms with van der Waals surface area (Å²) in [5.41, 5.74) is 7.82. The molecule has 2 rings (SSSR count). The Balaban J connectivity index is 2.32. The maximum atomic E-state index is 11.6. The number of carbonyl (C=O) groups is 2. The number of nitrogens with two attached hydrogens (primary N) is 1. The van der Waals surface area contributed by atoms with E-state index in [1.807, 2.05) is 0 Å². The van der Waals surface area contributed by atoms with Crippen molar-refractivity contribution in [1.29, 1.82) is 0 Å². The molecule has 0 aliphatic rings. The highest BCUT2D eigenvalue weighted by Gasteiger charge is 2.10. The SMILES string of the molecule is CCC(=O)Nc1cc(N)ccc1/N=N/c1cc(Cl)c(NC(C)=O)c(Cl)c1. The van der Waals surface area contributed by atoms with Crippen LogP contribution in [0.1, 0.15) is 20.3 Å². The number of amides is 2. The molecule has 26 heavy (non-hydrogen) atoms. The molecule has 0 fully saturated rings. The highest BCUT2D eigenvalue weighted by molar-refractivity contribution is 6.40. The highest BCUT2D eigenvalue weighted by Crippen LogP contribution is 2.36. The topological polar surface area (TPSA) is 109 Å². The number of hydrogen-bond acceptors (Lipinski definition) is 5. The first-order chi connectivity index (χ1) is 12.3. The maximum absolute atomic E-state index is 11.6. The van der Waals surface area contributed by atoms with Crippen molar-refractivity contribution in [3.8, 4) is 0 Å². The van der Waals surface area contributed by atoms with Gasteiger partial charge in [-0.15, -0.1) is 5.11 Å². The van der Waals surface area contributed by atoms with Gasteiger partial charge in [0.1, 0.15) is 5.69 Å². The third kappa shape index (κ3) is 5.18. The molecule has 0 spiro atoms. The number of nitrogen functional groups attached to an aromatic ring is 1. The summed E-state index contributed by atoms with van der Waals surface area (Å²) in [6, 6.07) is 7.92. The zero-order chi connectivity index (χ0) is 19.3. The van der Waals surface area contributed by atoms with Crippen molar-refractivity contribution >= 4 is 63.5 Å². The minimum atomic E-state index is -0.290. The minimum absolute atomic E-state index is 0.169. The summed E-state index contributed by atoms with van der Waals surface area (Å²) in [6.45, 7) is 3.09. The zero-order valence-electron chi connectivity index (χ0n) is 14.1. The Kier molecular flexibility index (Phi) is 6.54. The highest BCUT2D eigenvalue weighted by atomic mass is 35.5. The zero-order valence-corrected chi connectivity index (χ0v) is 15.6. The number of benzene rings is 2. The number of rotatable bonds is 5. The Hall–Kier alpha value is -2.64. The summed E-state index contributed by atoms with van der Waals surface area (Å²) in [6.07, 6.45) is 0.321. The van der Waals surface area contributed by atoms with E-state index in [2.05, 4.69) is 20.9 Å². The van der Waals surface area contributed by atoms with E-state index in [9.17, 15) is 9.59 Å². The first-order valence-corrected chi connectivity index (χ1v) is 8.43. The van der Waals surface area contributed by atoms with E-state index < -0.39 is 0 Å². The van der Waals surface area contributed by atoms with E-state index in [-0.39, 0.29) is 21.9 Å². The molecule has 0 aromatic heterocycles. The van der Waals surface area contributed by atoms with E-state index in [4.69, 9.17) is 28.9 Å². The Labute approximate surface area is 160 Å². The monoisotopic (exact) mass is 393 g/mol. The van der Waals surface area contributed by atoms with Gasteiger partial charge >= 0.3 is 0 Å². The van der Waals surface area contributed by atoms with E-state index >= 15 is 0 Å². The smallest absolute Gasteiger partial charge is 0.224 e. The molecule has 7 nitrogen and oxygen atoms in total. The summed E-state index contributed by atoms with van der Waals surface area (Å²) in [4.78, 5) is 22.8. The van der Waals surface area contributed by atoms with Gasteiger partial charge in [0.15, 0.2) is 0 Å². The third-order valence-electron chi connectivity index (χ3n) is 3.22. The lowest BCUT2D eigenvalue weighted by atomic mass is 10.2. The second-order valence-corrected chi connectivity index (χ2v) is 6.16. The molecule has 2 amide bonds. The predicted octanol–water partition coefficient (Wildman–Crippen LogP) is 5.30. The summed E-state index contributed by atoms with van der Waals surface area (Å²) in [5, 5.41) is 14.0. The number of carbonyl (C=O) groups excluding carboxylic acids is 2. The Morgan fingerprint density at radius 1 is 1.08 bits per heavy atom. The van der Waals surface area contributed by atoms with Gasteiger partial charge in [0.05, 0.1) is 27.1 Å². The molecule has 0 aliphatic carbocycles. The van der Waals surface area contributed by atoms with Crippen LogP contribution in [0.2, 0.25) is 10.0 Å². The standard InChI is InChI=1S/C17H17Cl2N5O2/c1-3-16(26)22-15-6-10(20)4-5-14(15)24-23-11-7-12(18)17(13(19)8-11)21-9(2)25/h4-8H,3,20H2,1-2H3,(H,21,25)(H,22,26)/b24-23+. The molecule has 0 heterocycles. The van der Waals surface area contributed by atoms with Crippen LogP contribution in [-0.2, 0) is 9.59 Å². The van der Waals surface area contributed by atoms with Gasteiger partial charge in [-0.2, -0.15) is 5.11 Å². The summed E-state index contributed by atoms with van der Waals surface area (Å²) >= 11 is 12.3. The van der Waals surface area contributed by atoms with Gasteiger partial charge in [-0.1, -0.05) is 30.1 Å². The van der Waals surface area contributed by atoms with Crippen LogP contribution in [0, 0.1) is 0 Å². The quantitative estimate of drug-likeness (QED) is 0.473. The molecule has 2 aromatic rings. The maximum Gasteiger partial charge on any atom is 0.224 e. The van der Waals surface area contributed by atoms with Gasteiger partial charge in [-0.25, -0.2) is 0 Å². The normalized spacial score (nSPS) is 10.8. The molecule has 0 saturated heterocycles.